The van der Waals surface area contributed by atoms with Crippen LogP contribution in [0.4, 0.5) is 5.82 Å². The Morgan fingerprint density at radius 3 is 2.58 bits per heavy atom. The second kappa shape index (κ2) is 5.84. The fraction of sp³-hybridized carbons (Fsp3) is 0.714. The van der Waals surface area contributed by atoms with Crippen LogP contribution in [0.25, 0.3) is 0 Å². The SMILES string of the molecule is Cc1ccc(N2CCCN(CC(C)(C)O)CC2)nn1. The van der Waals surface area contributed by atoms with E-state index in [1.54, 1.807) is 0 Å². The van der Waals surface area contributed by atoms with E-state index >= 15 is 0 Å². The molecule has 1 fully saturated rings. The van der Waals surface area contributed by atoms with Gasteiger partial charge >= 0.3 is 0 Å². The average Bonchev–Trinajstić information content (AvgIpc) is 2.54. The van der Waals surface area contributed by atoms with Gasteiger partial charge in [-0.25, -0.2) is 0 Å². The first-order valence-electron chi connectivity index (χ1n) is 6.94. The molecule has 0 spiro atoms. The molecule has 19 heavy (non-hydrogen) atoms. The van der Waals surface area contributed by atoms with Crippen molar-refractivity contribution < 1.29 is 5.11 Å². The zero-order valence-electron chi connectivity index (χ0n) is 12.1. The first kappa shape index (κ1) is 14.2. The maximum atomic E-state index is 9.90. The molecule has 0 aromatic carbocycles. The van der Waals surface area contributed by atoms with E-state index in [9.17, 15) is 5.11 Å². The summed E-state index contributed by atoms with van der Waals surface area (Å²) >= 11 is 0. The maximum Gasteiger partial charge on any atom is 0.151 e. The van der Waals surface area contributed by atoms with Crippen molar-refractivity contribution in [3.8, 4) is 0 Å². The normalized spacial score (nSPS) is 18.4. The Hall–Kier alpha value is -1.20. The van der Waals surface area contributed by atoms with Gasteiger partial charge in [-0.05, 0) is 39.3 Å². The smallest absolute Gasteiger partial charge is 0.151 e. The lowest BCUT2D eigenvalue weighted by Gasteiger charge is -2.27. The molecule has 1 aliphatic heterocycles. The van der Waals surface area contributed by atoms with E-state index in [-0.39, 0.29) is 0 Å². The lowest BCUT2D eigenvalue weighted by Crippen LogP contribution is -2.40. The van der Waals surface area contributed by atoms with E-state index in [0.29, 0.717) is 0 Å². The lowest BCUT2D eigenvalue weighted by atomic mass is 10.1. The van der Waals surface area contributed by atoms with Gasteiger partial charge in [0.1, 0.15) is 0 Å². The molecule has 1 aliphatic rings. The van der Waals surface area contributed by atoms with Crippen molar-refractivity contribution in [3.05, 3.63) is 17.8 Å². The van der Waals surface area contributed by atoms with Crippen molar-refractivity contribution in [1.29, 1.82) is 0 Å². The Balaban J connectivity index is 1.95. The molecule has 1 saturated heterocycles. The number of anilines is 1. The van der Waals surface area contributed by atoms with Crippen LogP contribution in [0.1, 0.15) is 26.0 Å². The van der Waals surface area contributed by atoms with Crippen LogP contribution in [0, 0.1) is 6.92 Å². The number of aryl methyl sites for hydroxylation is 1. The van der Waals surface area contributed by atoms with E-state index < -0.39 is 5.60 Å². The lowest BCUT2D eigenvalue weighted by molar-refractivity contribution is 0.0385. The highest BCUT2D eigenvalue weighted by Gasteiger charge is 2.21. The fourth-order valence-corrected chi connectivity index (χ4v) is 2.47. The van der Waals surface area contributed by atoms with E-state index in [4.69, 9.17) is 0 Å². The molecule has 0 aliphatic carbocycles. The Bertz CT molecular complexity index is 399. The molecule has 1 aromatic heterocycles. The van der Waals surface area contributed by atoms with Crippen molar-refractivity contribution in [3.63, 3.8) is 0 Å². The van der Waals surface area contributed by atoms with Crippen molar-refractivity contribution in [2.75, 3.05) is 37.6 Å². The minimum absolute atomic E-state index is 0.626. The molecule has 0 radical (unpaired) electrons. The minimum Gasteiger partial charge on any atom is -0.389 e. The number of rotatable bonds is 3. The molecule has 2 rings (SSSR count). The Morgan fingerprint density at radius 1 is 1.16 bits per heavy atom. The Kier molecular flexibility index (Phi) is 4.37. The highest BCUT2D eigenvalue weighted by molar-refractivity contribution is 5.37. The number of β-amino-alcohol motifs (C(OH)–C–C–N with tert-alkyl or cyclic N) is 1. The van der Waals surface area contributed by atoms with Crippen LogP contribution in [0.3, 0.4) is 0 Å². The third-order valence-electron chi connectivity index (χ3n) is 3.31. The standard InChI is InChI=1S/C14H24N4O/c1-12-5-6-13(16-15-12)18-8-4-7-17(9-10-18)11-14(2,3)19/h5-6,19H,4,7-11H2,1-3H3. The number of nitrogens with zero attached hydrogens (tertiary/aromatic N) is 4. The molecular formula is C14H24N4O. The molecule has 5 nitrogen and oxygen atoms in total. The Morgan fingerprint density at radius 2 is 1.95 bits per heavy atom. The van der Waals surface area contributed by atoms with Gasteiger partial charge in [-0.15, -0.1) is 5.10 Å². The van der Waals surface area contributed by atoms with Gasteiger partial charge in [0.2, 0.25) is 0 Å². The quantitative estimate of drug-likeness (QED) is 0.885. The highest BCUT2D eigenvalue weighted by Crippen LogP contribution is 2.14. The van der Waals surface area contributed by atoms with E-state index in [1.165, 1.54) is 0 Å². The third-order valence-corrected chi connectivity index (χ3v) is 3.31. The van der Waals surface area contributed by atoms with Crippen molar-refractivity contribution >= 4 is 5.82 Å². The summed E-state index contributed by atoms with van der Waals surface area (Å²) in [5, 5.41) is 18.3. The van der Waals surface area contributed by atoms with Gasteiger partial charge in [0.25, 0.3) is 0 Å². The third kappa shape index (κ3) is 4.44. The predicted molar refractivity (Wildman–Crippen MR) is 76.3 cm³/mol. The molecule has 1 aromatic rings. The first-order chi connectivity index (χ1) is 8.94. The first-order valence-corrected chi connectivity index (χ1v) is 6.94. The molecule has 2 heterocycles. The van der Waals surface area contributed by atoms with Crippen molar-refractivity contribution in [1.82, 2.24) is 15.1 Å². The van der Waals surface area contributed by atoms with Crippen LogP contribution in [0.5, 0.6) is 0 Å². The van der Waals surface area contributed by atoms with Crippen LogP contribution in [-0.4, -0.2) is 58.5 Å². The van der Waals surface area contributed by atoms with Crippen LogP contribution in [0.2, 0.25) is 0 Å². The summed E-state index contributed by atoms with van der Waals surface area (Å²) in [5.74, 6) is 0.954. The molecule has 0 atom stereocenters. The van der Waals surface area contributed by atoms with Gasteiger partial charge in [-0.3, -0.25) is 4.90 Å². The van der Waals surface area contributed by atoms with Crippen LogP contribution >= 0.6 is 0 Å². The van der Waals surface area contributed by atoms with Crippen molar-refractivity contribution in [2.45, 2.75) is 32.8 Å². The van der Waals surface area contributed by atoms with E-state index in [2.05, 4.69) is 20.0 Å². The molecular weight excluding hydrogens is 240 g/mol. The number of aromatic nitrogens is 2. The minimum atomic E-state index is -0.626. The van der Waals surface area contributed by atoms with E-state index in [0.717, 1.165) is 50.7 Å². The second-order valence-electron chi connectivity index (χ2n) is 5.96. The highest BCUT2D eigenvalue weighted by atomic mass is 16.3. The molecule has 0 unspecified atom stereocenters. The Labute approximate surface area is 115 Å². The predicted octanol–water partition coefficient (Wildman–Crippen LogP) is 1.07. The number of aliphatic hydroxyl groups is 1. The molecule has 0 amide bonds. The van der Waals surface area contributed by atoms with Gasteiger partial charge in [0, 0.05) is 32.7 Å². The second-order valence-corrected chi connectivity index (χ2v) is 5.96. The largest absolute Gasteiger partial charge is 0.389 e. The van der Waals surface area contributed by atoms with Crippen molar-refractivity contribution in [2.24, 2.45) is 0 Å². The summed E-state index contributed by atoms with van der Waals surface area (Å²) < 4.78 is 0. The summed E-state index contributed by atoms with van der Waals surface area (Å²) in [6.07, 6.45) is 1.09. The van der Waals surface area contributed by atoms with Crippen LogP contribution in [-0.2, 0) is 0 Å². The molecule has 106 valence electrons. The van der Waals surface area contributed by atoms with E-state index in [1.807, 2.05) is 32.9 Å². The zero-order valence-corrected chi connectivity index (χ0v) is 12.1. The topological polar surface area (TPSA) is 52.5 Å². The van der Waals surface area contributed by atoms with Gasteiger partial charge < -0.3 is 10.0 Å². The number of hydrogen-bond acceptors (Lipinski definition) is 5. The summed E-state index contributed by atoms with van der Waals surface area (Å²) in [6, 6.07) is 4.04. The van der Waals surface area contributed by atoms with Gasteiger partial charge in [-0.2, -0.15) is 5.10 Å². The zero-order chi connectivity index (χ0) is 13.9. The molecule has 5 heteroatoms. The molecule has 0 bridgehead atoms. The fourth-order valence-electron chi connectivity index (χ4n) is 2.47. The summed E-state index contributed by atoms with van der Waals surface area (Å²) in [4.78, 5) is 4.60. The van der Waals surface area contributed by atoms with Gasteiger partial charge in [0.05, 0.1) is 11.3 Å². The number of hydrogen-bond donors (Lipinski definition) is 1. The molecule has 1 N–H and O–H groups in total. The summed E-state index contributed by atoms with van der Waals surface area (Å²) in [6.45, 7) is 10.3. The van der Waals surface area contributed by atoms with Crippen LogP contribution < -0.4 is 4.90 Å². The van der Waals surface area contributed by atoms with Gasteiger partial charge in [-0.1, -0.05) is 0 Å². The molecule has 0 saturated carbocycles. The maximum absolute atomic E-state index is 9.90. The van der Waals surface area contributed by atoms with Crippen LogP contribution in [0.15, 0.2) is 12.1 Å². The summed E-state index contributed by atoms with van der Waals surface area (Å²) in [7, 11) is 0. The van der Waals surface area contributed by atoms with Gasteiger partial charge in [0.15, 0.2) is 5.82 Å². The monoisotopic (exact) mass is 264 g/mol. The summed E-state index contributed by atoms with van der Waals surface area (Å²) in [5.41, 5.74) is 0.320. The average molecular weight is 264 g/mol.